The van der Waals surface area contributed by atoms with Gasteiger partial charge in [0.05, 0.1) is 30.5 Å². The Morgan fingerprint density at radius 2 is 1.77 bits per heavy atom. The number of benzene rings is 2. The van der Waals surface area contributed by atoms with Crippen LogP contribution < -0.4 is 10.1 Å². The average molecular weight is 417 g/mol. The second kappa shape index (κ2) is 9.96. The molecule has 0 aliphatic heterocycles. The number of nitro benzene ring substituents is 2. The fraction of sp³-hybridized carbons (Fsp3) is 0.263. The van der Waals surface area contributed by atoms with E-state index in [1.165, 1.54) is 43.5 Å². The topological polar surface area (TPSA) is 151 Å². The van der Waals surface area contributed by atoms with Gasteiger partial charge < -0.3 is 14.8 Å². The summed E-state index contributed by atoms with van der Waals surface area (Å²) in [6.07, 6.45) is -0.254. The Morgan fingerprint density at radius 3 is 2.37 bits per heavy atom. The highest BCUT2D eigenvalue weighted by molar-refractivity contribution is 5.86. The van der Waals surface area contributed by atoms with E-state index in [-0.39, 0.29) is 30.0 Å². The number of nitro groups is 2. The zero-order valence-electron chi connectivity index (χ0n) is 16.2. The largest absolute Gasteiger partial charge is 0.490 e. The van der Waals surface area contributed by atoms with Crippen LogP contribution in [0.2, 0.25) is 0 Å². The quantitative estimate of drug-likeness (QED) is 0.369. The highest BCUT2D eigenvalue weighted by Gasteiger charge is 2.24. The van der Waals surface area contributed by atoms with Crippen molar-refractivity contribution in [3.63, 3.8) is 0 Å². The van der Waals surface area contributed by atoms with Gasteiger partial charge in [-0.1, -0.05) is 18.2 Å². The normalized spacial score (nSPS) is 11.3. The van der Waals surface area contributed by atoms with E-state index in [9.17, 15) is 29.8 Å². The number of ether oxygens (including phenoxy) is 2. The molecule has 0 fully saturated rings. The minimum atomic E-state index is -1.10. The third-order valence-corrected chi connectivity index (χ3v) is 4.19. The zero-order valence-corrected chi connectivity index (χ0v) is 16.2. The number of methoxy groups -OCH3 is 2. The molecule has 1 N–H and O–H groups in total. The van der Waals surface area contributed by atoms with E-state index in [2.05, 4.69) is 5.32 Å². The molecule has 0 aliphatic carbocycles. The van der Waals surface area contributed by atoms with Gasteiger partial charge in [-0.05, 0) is 17.2 Å². The fourth-order valence-electron chi connectivity index (χ4n) is 2.79. The standard InChI is InChI=1S/C19H19N3O8/c1-29-17-7-6-13(10-16(17)22(27)28)9-15(19(24)30-2)20-18(23)11-12-4-3-5-14(8-12)21(25)26/h3-8,10,15H,9,11H2,1-2H3,(H,20,23)/t15-/m1/s1. The van der Waals surface area contributed by atoms with E-state index in [0.29, 0.717) is 11.1 Å². The van der Waals surface area contributed by atoms with Crippen LogP contribution in [0.5, 0.6) is 5.75 Å². The maximum Gasteiger partial charge on any atom is 0.328 e. The molecular formula is C19H19N3O8. The number of non-ortho nitro benzene ring substituents is 1. The van der Waals surface area contributed by atoms with Crippen LogP contribution in [-0.2, 0) is 27.2 Å². The van der Waals surface area contributed by atoms with Crippen LogP contribution in [0.4, 0.5) is 11.4 Å². The van der Waals surface area contributed by atoms with Crippen LogP contribution in [0.25, 0.3) is 0 Å². The van der Waals surface area contributed by atoms with E-state index < -0.39 is 27.8 Å². The Labute approximate surface area is 170 Å². The number of esters is 1. The van der Waals surface area contributed by atoms with E-state index in [0.717, 1.165) is 7.11 Å². The third kappa shape index (κ3) is 5.74. The Morgan fingerprint density at radius 1 is 1.03 bits per heavy atom. The van der Waals surface area contributed by atoms with Crippen LogP contribution in [-0.4, -0.2) is 42.0 Å². The average Bonchev–Trinajstić information content (AvgIpc) is 2.72. The molecule has 0 heterocycles. The first-order valence-electron chi connectivity index (χ1n) is 8.67. The maximum absolute atomic E-state index is 12.4. The first kappa shape index (κ1) is 22.3. The molecular weight excluding hydrogens is 398 g/mol. The number of carbonyl (C=O) groups is 2. The van der Waals surface area contributed by atoms with E-state index in [1.54, 1.807) is 6.07 Å². The molecule has 2 rings (SSSR count). The maximum atomic E-state index is 12.4. The molecule has 0 aliphatic rings. The van der Waals surface area contributed by atoms with Crippen LogP contribution in [0.3, 0.4) is 0 Å². The van der Waals surface area contributed by atoms with Gasteiger partial charge in [0.15, 0.2) is 5.75 Å². The minimum absolute atomic E-state index is 0.0574. The van der Waals surface area contributed by atoms with Gasteiger partial charge in [-0.25, -0.2) is 4.79 Å². The molecule has 0 spiro atoms. The second-order valence-corrected chi connectivity index (χ2v) is 6.21. The predicted octanol–water partition coefficient (Wildman–Crippen LogP) is 1.95. The molecule has 2 aromatic carbocycles. The van der Waals surface area contributed by atoms with Crippen LogP contribution in [0.1, 0.15) is 11.1 Å². The number of hydrogen-bond donors (Lipinski definition) is 1. The van der Waals surface area contributed by atoms with Crippen LogP contribution in [0.15, 0.2) is 42.5 Å². The first-order chi connectivity index (χ1) is 14.2. The molecule has 158 valence electrons. The molecule has 0 unspecified atom stereocenters. The van der Waals surface area contributed by atoms with Crippen molar-refractivity contribution in [2.45, 2.75) is 18.9 Å². The molecule has 11 nitrogen and oxygen atoms in total. The van der Waals surface area contributed by atoms with Crippen molar-refractivity contribution in [2.75, 3.05) is 14.2 Å². The van der Waals surface area contributed by atoms with Gasteiger partial charge in [0.1, 0.15) is 6.04 Å². The summed E-state index contributed by atoms with van der Waals surface area (Å²) in [5.74, 6) is -1.23. The Hall–Kier alpha value is -4.02. The highest BCUT2D eigenvalue weighted by Crippen LogP contribution is 2.28. The van der Waals surface area contributed by atoms with E-state index >= 15 is 0 Å². The van der Waals surface area contributed by atoms with Crippen LogP contribution >= 0.6 is 0 Å². The van der Waals surface area contributed by atoms with Crippen molar-refractivity contribution in [1.82, 2.24) is 5.32 Å². The summed E-state index contributed by atoms with van der Waals surface area (Å²) in [7, 11) is 2.45. The number of nitrogens with zero attached hydrogens (tertiary/aromatic N) is 2. The van der Waals surface area contributed by atoms with Gasteiger partial charge in [-0.3, -0.25) is 25.0 Å². The van der Waals surface area contributed by atoms with Gasteiger partial charge in [-0.2, -0.15) is 0 Å². The van der Waals surface area contributed by atoms with E-state index in [4.69, 9.17) is 9.47 Å². The molecule has 0 radical (unpaired) electrons. The van der Waals surface area contributed by atoms with Gasteiger partial charge in [0.25, 0.3) is 5.69 Å². The van der Waals surface area contributed by atoms with Crippen LogP contribution in [0, 0.1) is 20.2 Å². The van der Waals surface area contributed by atoms with Crippen molar-refractivity contribution in [2.24, 2.45) is 0 Å². The van der Waals surface area contributed by atoms with Crippen molar-refractivity contribution in [3.8, 4) is 5.75 Å². The van der Waals surface area contributed by atoms with Crippen molar-refractivity contribution in [1.29, 1.82) is 0 Å². The lowest BCUT2D eigenvalue weighted by atomic mass is 10.0. The molecule has 30 heavy (non-hydrogen) atoms. The number of hydrogen-bond acceptors (Lipinski definition) is 8. The van der Waals surface area contributed by atoms with Gasteiger partial charge in [0.2, 0.25) is 5.91 Å². The Balaban J connectivity index is 2.16. The summed E-state index contributed by atoms with van der Waals surface area (Å²) in [5, 5.41) is 24.5. The fourth-order valence-corrected chi connectivity index (χ4v) is 2.79. The van der Waals surface area contributed by atoms with Crippen molar-refractivity contribution >= 4 is 23.3 Å². The number of rotatable bonds is 9. The molecule has 0 saturated carbocycles. The van der Waals surface area contributed by atoms with Gasteiger partial charge in [0, 0.05) is 24.6 Å². The summed E-state index contributed by atoms with van der Waals surface area (Å²) in [5.41, 5.74) is 0.371. The molecule has 1 amide bonds. The lowest BCUT2D eigenvalue weighted by Gasteiger charge is -2.17. The summed E-state index contributed by atoms with van der Waals surface area (Å²) in [4.78, 5) is 45.3. The number of amides is 1. The van der Waals surface area contributed by atoms with Crippen molar-refractivity contribution < 1.29 is 28.9 Å². The summed E-state index contributed by atoms with van der Waals surface area (Å²) >= 11 is 0. The van der Waals surface area contributed by atoms with E-state index in [1.807, 2.05) is 0 Å². The van der Waals surface area contributed by atoms with Crippen molar-refractivity contribution in [3.05, 3.63) is 73.8 Å². The lowest BCUT2D eigenvalue weighted by molar-refractivity contribution is -0.385. The molecule has 0 saturated heterocycles. The molecule has 0 aromatic heterocycles. The summed E-state index contributed by atoms with van der Waals surface area (Å²) in [6.45, 7) is 0. The number of carbonyl (C=O) groups excluding carboxylic acids is 2. The zero-order chi connectivity index (χ0) is 22.3. The van der Waals surface area contributed by atoms with Gasteiger partial charge in [-0.15, -0.1) is 0 Å². The molecule has 2 aromatic rings. The highest BCUT2D eigenvalue weighted by atomic mass is 16.6. The Kier molecular flexibility index (Phi) is 7.39. The molecule has 0 bridgehead atoms. The van der Waals surface area contributed by atoms with Gasteiger partial charge >= 0.3 is 11.7 Å². The second-order valence-electron chi connectivity index (χ2n) is 6.21. The first-order valence-corrected chi connectivity index (χ1v) is 8.67. The summed E-state index contributed by atoms with van der Waals surface area (Å²) < 4.78 is 9.65. The molecule has 11 heteroatoms. The third-order valence-electron chi connectivity index (χ3n) is 4.19. The minimum Gasteiger partial charge on any atom is -0.490 e. The Bertz CT molecular complexity index is 976. The molecule has 1 atom stereocenters. The predicted molar refractivity (Wildman–Crippen MR) is 104 cm³/mol. The smallest absolute Gasteiger partial charge is 0.328 e. The lowest BCUT2D eigenvalue weighted by Crippen LogP contribution is -2.43. The monoisotopic (exact) mass is 417 g/mol. The summed E-state index contributed by atoms with van der Waals surface area (Å²) in [6, 6.07) is 8.65. The SMILES string of the molecule is COC(=O)[C@@H](Cc1ccc(OC)c([N+](=O)[O-])c1)NC(=O)Cc1cccc([N+](=O)[O-])c1. The number of nitrogens with one attached hydrogen (secondary N) is 1.